The fraction of sp³-hybridized carbons (Fsp3) is 0.435. The van der Waals surface area contributed by atoms with E-state index >= 15 is 0 Å². The third-order valence-corrected chi connectivity index (χ3v) is 6.84. The van der Waals surface area contributed by atoms with Crippen LogP contribution in [0, 0.1) is 0 Å². The van der Waals surface area contributed by atoms with Crippen LogP contribution in [0.25, 0.3) is 11.1 Å². The van der Waals surface area contributed by atoms with E-state index in [1.54, 1.807) is 0 Å². The maximum absolute atomic E-state index is 12.5. The number of hydrogen-bond acceptors (Lipinski definition) is 3. The van der Waals surface area contributed by atoms with Crippen LogP contribution in [0.1, 0.15) is 18.4 Å². The summed E-state index contributed by atoms with van der Waals surface area (Å²) in [5.74, 6) is 0. The van der Waals surface area contributed by atoms with Gasteiger partial charge in [-0.05, 0) is 16.7 Å². The minimum absolute atomic E-state index is 0. The Morgan fingerprint density at radius 2 is 1.66 bits per heavy atom. The van der Waals surface area contributed by atoms with Crippen molar-refractivity contribution in [1.82, 2.24) is 5.32 Å². The number of ether oxygens (including phenoxy) is 2. The SMILES string of the molecule is C[N+]1(C)[C@@H]2CC(OC(=O)NCc3ccccc3-c3ccccc3)C[C@H]1C1OC12.[Br-]. The predicted octanol–water partition coefficient (Wildman–Crippen LogP) is 0.341. The molecule has 0 aliphatic carbocycles. The first-order valence-electron chi connectivity index (χ1n) is 10.1. The number of hydrogen-bond donors (Lipinski definition) is 1. The number of benzene rings is 2. The van der Waals surface area contributed by atoms with E-state index in [0.29, 0.717) is 30.8 Å². The predicted molar refractivity (Wildman–Crippen MR) is 107 cm³/mol. The lowest BCUT2D eigenvalue weighted by atomic mass is 9.96. The van der Waals surface area contributed by atoms with E-state index in [1.165, 1.54) is 0 Å². The Labute approximate surface area is 182 Å². The third kappa shape index (κ3) is 3.69. The molecule has 2 bridgehead atoms. The van der Waals surface area contributed by atoms with E-state index < -0.39 is 0 Å². The number of carbonyl (C=O) groups excluding carboxylic acids is 1. The van der Waals surface area contributed by atoms with E-state index in [-0.39, 0.29) is 29.2 Å². The van der Waals surface area contributed by atoms with Gasteiger partial charge in [0.15, 0.2) is 0 Å². The lowest BCUT2D eigenvalue weighted by Crippen LogP contribution is -3.00. The number of rotatable bonds is 4. The Bertz CT molecular complexity index is 869. The fourth-order valence-electron chi connectivity index (χ4n) is 5.24. The van der Waals surface area contributed by atoms with E-state index in [1.807, 2.05) is 36.4 Å². The maximum Gasteiger partial charge on any atom is 0.407 e. The van der Waals surface area contributed by atoms with Crippen molar-refractivity contribution in [1.29, 1.82) is 0 Å². The molecular weight excluding hydrogens is 432 g/mol. The quantitative estimate of drug-likeness (QED) is 0.530. The molecule has 2 aromatic rings. The Morgan fingerprint density at radius 1 is 1.03 bits per heavy atom. The molecule has 3 aliphatic heterocycles. The summed E-state index contributed by atoms with van der Waals surface area (Å²) in [7, 11) is 4.56. The first-order chi connectivity index (χ1) is 13.5. The second-order valence-corrected chi connectivity index (χ2v) is 8.70. The number of nitrogens with zero attached hydrogens (tertiary/aromatic N) is 1. The molecule has 5 rings (SSSR count). The summed E-state index contributed by atoms with van der Waals surface area (Å²) in [6.07, 6.45) is 2.18. The van der Waals surface area contributed by atoms with Crippen molar-refractivity contribution in [3.63, 3.8) is 0 Å². The molecule has 3 saturated heterocycles. The van der Waals surface area contributed by atoms with Crippen LogP contribution in [0.5, 0.6) is 0 Å². The van der Waals surface area contributed by atoms with E-state index in [4.69, 9.17) is 9.47 Å². The lowest BCUT2D eigenvalue weighted by Gasteiger charge is -2.45. The number of nitrogens with one attached hydrogen (secondary N) is 1. The number of amides is 1. The molecule has 3 aliphatic rings. The molecule has 3 heterocycles. The molecule has 154 valence electrons. The largest absolute Gasteiger partial charge is 1.00 e. The van der Waals surface area contributed by atoms with Gasteiger partial charge < -0.3 is 36.3 Å². The molecular formula is C23H27BrN2O3. The van der Waals surface area contributed by atoms with Crippen molar-refractivity contribution in [2.45, 2.75) is 49.8 Å². The van der Waals surface area contributed by atoms with Crippen molar-refractivity contribution in [2.75, 3.05) is 14.1 Å². The maximum atomic E-state index is 12.5. The van der Waals surface area contributed by atoms with Gasteiger partial charge in [0.1, 0.15) is 30.4 Å². The van der Waals surface area contributed by atoms with Gasteiger partial charge in [-0.15, -0.1) is 0 Å². The fourth-order valence-corrected chi connectivity index (χ4v) is 5.24. The van der Waals surface area contributed by atoms with Crippen LogP contribution in [-0.4, -0.2) is 55.1 Å². The normalized spacial score (nSPS) is 30.6. The van der Waals surface area contributed by atoms with Crippen molar-refractivity contribution in [3.05, 3.63) is 60.2 Å². The molecule has 5 atom stereocenters. The summed E-state index contributed by atoms with van der Waals surface area (Å²) < 4.78 is 12.6. The Kier molecular flexibility index (Phi) is 5.44. The molecule has 3 fully saturated rings. The highest BCUT2D eigenvalue weighted by molar-refractivity contribution is 5.70. The van der Waals surface area contributed by atoms with Gasteiger partial charge >= 0.3 is 6.09 Å². The average Bonchev–Trinajstić information content (AvgIpc) is 3.46. The molecule has 0 aromatic heterocycles. The van der Waals surface area contributed by atoms with Crippen LogP contribution in [-0.2, 0) is 16.0 Å². The van der Waals surface area contributed by atoms with E-state index in [9.17, 15) is 4.79 Å². The number of likely N-dealkylation sites (N-methyl/N-ethyl adjacent to an activating group) is 1. The van der Waals surface area contributed by atoms with Crippen LogP contribution in [0.3, 0.4) is 0 Å². The Balaban J connectivity index is 0.00000205. The number of epoxide rings is 1. The average molecular weight is 459 g/mol. The van der Waals surface area contributed by atoms with Crippen LogP contribution < -0.4 is 22.3 Å². The molecule has 29 heavy (non-hydrogen) atoms. The zero-order valence-corrected chi connectivity index (χ0v) is 18.3. The number of alkyl carbamates (subject to hydrolysis) is 1. The topological polar surface area (TPSA) is 50.9 Å². The van der Waals surface area contributed by atoms with Crippen molar-refractivity contribution in [2.24, 2.45) is 0 Å². The Hall–Kier alpha value is -1.89. The molecule has 6 heteroatoms. The Morgan fingerprint density at radius 3 is 2.34 bits per heavy atom. The number of fused-ring (bicyclic) bond motifs is 5. The number of morpholine rings is 1. The molecule has 0 radical (unpaired) electrons. The highest BCUT2D eigenvalue weighted by Crippen LogP contribution is 2.51. The number of carbonyl (C=O) groups is 1. The molecule has 0 saturated carbocycles. The van der Waals surface area contributed by atoms with Crippen molar-refractivity contribution in [3.8, 4) is 11.1 Å². The summed E-state index contributed by atoms with van der Waals surface area (Å²) in [6, 6.07) is 19.3. The van der Waals surface area contributed by atoms with Gasteiger partial charge in [0, 0.05) is 19.4 Å². The first kappa shape index (κ1) is 20.4. The van der Waals surface area contributed by atoms with Gasteiger partial charge in [0.2, 0.25) is 0 Å². The summed E-state index contributed by atoms with van der Waals surface area (Å²) in [6.45, 7) is 0.458. The molecule has 1 amide bonds. The summed E-state index contributed by atoms with van der Waals surface area (Å²) in [5, 5.41) is 2.95. The van der Waals surface area contributed by atoms with E-state index in [2.05, 4.69) is 37.6 Å². The van der Waals surface area contributed by atoms with Crippen molar-refractivity contribution >= 4 is 6.09 Å². The number of piperidine rings is 1. The van der Waals surface area contributed by atoms with Crippen LogP contribution in [0.15, 0.2) is 54.6 Å². The van der Waals surface area contributed by atoms with Gasteiger partial charge in [-0.3, -0.25) is 0 Å². The highest BCUT2D eigenvalue weighted by atomic mass is 79.9. The van der Waals surface area contributed by atoms with Crippen LogP contribution in [0.2, 0.25) is 0 Å². The minimum atomic E-state index is -0.325. The van der Waals surface area contributed by atoms with Gasteiger partial charge in [-0.25, -0.2) is 4.79 Å². The highest BCUT2D eigenvalue weighted by Gasteiger charge is 2.70. The molecule has 2 aromatic carbocycles. The summed E-state index contributed by atoms with van der Waals surface area (Å²) in [5.41, 5.74) is 3.37. The smallest absolute Gasteiger partial charge is 0.407 e. The zero-order chi connectivity index (χ0) is 19.3. The molecule has 3 unspecified atom stereocenters. The van der Waals surface area contributed by atoms with E-state index in [0.717, 1.165) is 34.0 Å². The minimum Gasteiger partial charge on any atom is -1.00 e. The van der Waals surface area contributed by atoms with Gasteiger partial charge in [0.25, 0.3) is 0 Å². The number of quaternary nitrogens is 1. The second kappa shape index (κ2) is 7.74. The van der Waals surface area contributed by atoms with Crippen LogP contribution in [0.4, 0.5) is 4.79 Å². The van der Waals surface area contributed by atoms with Gasteiger partial charge in [-0.1, -0.05) is 54.6 Å². The van der Waals surface area contributed by atoms with Gasteiger partial charge in [0.05, 0.1) is 14.1 Å². The van der Waals surface area contributed by atoms with Crippen molar-refractivity contribution < 1.29 is 35.7 Å². The molecule has 1 N–H and O–H groups in total. The third-order valence-electron chi connectivity index (χ3n) is 6.84. The van der Waals surface area contributed by atoms with Crippen LogP contribution >= 0.6 is 0 Å². The lowest BCUT2D eigenvalue weighted by molar-refractivity contribution is -0.938. The monoisotopic (exact) mass is 458 g/mol. The molecule has 0 spiro atoms. The second-order valence-electron chi connectivity index (χ2n) is 8.70. The standard InChI is InChI=1S/C23H26N2O3.BrH/c1-25(2)19-12-17(13-20(25)22-21(19)28-22)27-23(26)24-14-16-10-6-7-11-18(16)15-8-4-3-5-9-15;/h3-11,17,19-22H,12-14H2,1-2H3;1H/t17?,19-,20+,21?,22?;. The summed E-state index contributed by atoms with van der Waals surface area (Å²) in [4.78, 5) is 12.5. The molecule has 5 nitrogen and oxygen atoms in total. The number of halogens is 1. The van der Waals surface area contributed by atoms with Gasteiger partial charge in [-0.2, -0.15) is 0 Å². The first-order valence-corrected chi connectivity index (χ1v) is 10.1. The summed E-state index contributed by atoms with van der Waals surface area (Å²) >= 11 is 0. The zero-order valence-electron chi connectivity index (χ0n) is 16.8.